The van der Waals surface area contributed by atoms with Gasteiger partial charge in [0.2, 0.25) is 0 Å². The molecule has 0 radical (unpaired) electrons. The molecule has 2 nitrogen and oxygen atoms in total. The Morgan fingerprint density at radius 3 is 1.29 bits per heavy atom. The highest BCUT2D eigenvalue weighted by Gasteiger charge is 2.44. The molecule has 0 aliphatic carbocycles. The lowest BCUT2D eigenvalue weighted by Gasteiger charge is -2.34. The van der Waals surface area contributed by atoms with Gasteiger partial charge in [-0.25, -0.2) is 0 Å². The maximum Gasteiger partial charge on any atom is 0.346 e. The molecule has 0 heterocycles. The van der Waals surface area contributed by atoms with E-state index in [2.05, 4.69) is 171 Å². The molecule has 0 fully saturated rings. The first-order chi connectivity index (χ1) is 22.3. The molecule has 0 saturated heterocycles. The van der Waals surface area contributed by atoms with Gasteiger partial charge in [0.05, 0.1) is 6.61 Å². The zero-order chi connectivity index (χ0) is 30.7. The second kappa shape index (κ2) is 14.7. The van der Waals surface area contributed by atoms with Crippen LogP contribution in [0.4, 0.5) is 0 Å². The highest BCUT2D eigenvalue weighted by molar-refractivity contribution is 7.07. The van der Waals surface area contributed by atoms with Gasteiger partial charge in [0.25, 0.3) is 0 Å². The first kappa shape index (κ1) is 30.2. The van der Waals surface area contributed by atoms with E-state index in [-0.39, 0.29) is 0 Å². The summed E-state index contributed by atoms with van der Waals surface area (Å²) in [7, 11) is -3.05. The summed E-state index contributed by atoms with van der Waals surface area (Å²) in [6.07, 6.45) is 4.63. The average molecular weight is 605 g/mol. The SMILES string of the molecule is CCCCCCOc1cc(-c2ccccc2)c(O[Si](c2ccccc2)(c2ccccc2)c2ccccc2)cc1-c1ccccc1. The molecule has 224 valence electrons. The largest absolute Gasteiger partial charge is 0.530 e. The number of hydrogen-bond acceptors (Lipinski definition) is 2. The van der Waals surface area contributed by atoms with Crippen LogP contribution in [0.25, 0.3) is 22.3 Å². The molecule has 0 atom stereocenters. The summed E-state index contributed by atoms with van der Waals surface area (Å²) in [5.74, 6) is 1.73. The van der Waals surface area contributed by atoms with Crippen LogP contribution in [0.1, 0.15) is 32.6 Å². The predicted octanol–water partition coefficient (Wildman–Crippen LogP) is 9.03. The number of hydrogen-bond donors (Lipinski definition) is 0. The number of ether oxygens (including phenoxy) is 1. The van der Waals surface area contributed by atoms with Gasteiger partial charge >= 0.3 is 8.32 Å². The van der Waals surface area contributed by atoms with Crippen molar-refractivity contribution in [2.45, 2.75) is 32.6 Å². The van der Waals surface area contributed by atoms with Gasteiger partial charge < -0.3 is 9.16 Å². The van der Waals surface area contributed by atoms with Crippen LogP contribution in [0.2, 0.25) is 0 Å². The quantitative estimate of drug-likeness (QED) is 0.0744. The molecule has 0 aromatic heterocycles. The van der Waals surface area contributed by atoms with Crippen molar-refractivity contribution in [1.29, 1.82) is 0 Å². The molecule has 0 amide bonds. The van der Waals surface area contributed by atoms with E-state index in [0.717, 1.165) is 40.2 Å². The lowest BCUT2D eigenvalue weighted by atomic mass is 9.98. The van der Waals surface area contributed by atoms with Gasteiger partial charge in [-0.1, -0.05) is 178 Å². The fourth-order valence-corrected chi connectivity index (χ4v) is 9.86. The van der Waals surface area contributed by atoms with Crippen LogP contribution in [0.3, 0.4) is 0 Å². The monoisotopic (exact) mass is 604 g/mol. The molecule has 0 bridgehead atoms. The fraction of sp³-hybridized carbons (Fsp3) is 0.143. The molecule has 0 saturated carbocycles. The molecule has 0 aliphatic heterocycles. The number of benzene rings is 6. The van der Waals surface area contributed by atoms with Gasteiger partial charge in [-0.05, 0) is 45.2 Å². The van der Waals surface area contributed by atoms with Gasteiger partial charge in [0.15, 0.2) is 0 Å². The zero-order valence-electron chi connectivity index (χ0n) is 25.9. The third-order valence-corrected chi connectivity index (χ3v) is 12.3. The molecule has 45 heavy (non-hydrogen) atoms. The van der Waals surface area contributed by atoms with Crippen LogP contribution < -0.4 is 24.7 Å². The summed E-state index contributed by atoms with van der Waals surface area (Å²) in [5.41, 5.74) is 4.27. The minimum Gasteiger partial charge on any atom is -0.530 e. The second-order valence-electron chi connectivity index (χ2n) is 11.4. The molecule has 6 rings (SSSR count). The van der Waals surface area contributed by atoms with Crippen LogP contribution in [0.15, 0.2) is 164 Å². The smallest absolute Gasteiger partial charge is 0.346 e. The molecule has 0 unspecified atom stereocenters. The Morgan fingerprint density at radius 2 is 0.844 bits per heavy atom. The molecule has 6 aromatic carbocycles. The topological polar surface area (TPSA) is 18.5 Å². The lowest BCUT2D eigenvalue weighted by molar-refractivity contribution is 0.306. The fourth-order valence-electron chi connectivity index (χ4n) is 6.02. The molecular weight excluding hydrogens is 565 g/mol. The van der Waals surface area contributed by atoms with Crippen molar-refractivity contribution >= 4 is 23.9 Å². The van der Waals surface area contributed by atoms with Crippen molar-refractivity contribution in [2.24, 2.45) is 0 Å². The van der Waals surface area contributed by atoms with Crippen molar-refractivity contribution < 1.29 is 9.16 Å². The molecule has 0 N–H and O–H groups in total. The zero-order valence-corrected chi connectivity index (χ0v) is 26.9. The summed E-state index contributed by atoms with van der Waals surface area (Å²) >= 11 is 0. The summed E-state index contributed by atoms with van der Waals surface area (Å²) in [6.45, 7) is 2.92. The van der Waals surface area contributed by atoms with Gasteiger partial charge in [-0.3, -0.25) is 0 Å². The van der Waals surface area contributed by atoms with E-state index in [1.54, 1.807) is 0 Å². The summed E-state index contributed by atoms with van der Waals surface area (Å²) < 4.78 is 14.3. The lowest BCUT2D eigenvalue weighted by Crippen LogP contribution is -2.71. The molecular formula is C42H40O2Si. The van der Waals surface area contributed by atoms with Crippen LogP contribution in [0.5, 0.6) is 11.5 Å². The van der Waals surface area contributed by atoms with E-state index < -0.39 is 8.32 Å². The van der Waals surface area contributed by atoms with Crippen LogP contribution >= 0.6 is 0 Å². The van der Waals surface area contributed by atoms with E-state index in [9.17, 15) is 0 Å². The minimum atomic E-state index is -3.05. The molecule has 0 spiro atoms. The molecule has 0 aliphatic rings. The van der Waals surface area contributed by atoms with Gasteiger partial charge in [0, 0.05) is 11.1 Å². The van der Waals surface area contributed by atoms with Crippen LogP contribution in [-0.2, 0) is 0 Å². The maximum atomic E-state index is 7.70. The Morgan fingerprint density at radius 1 is 0.444 bits per heavy atom. The Bertz CT molecular complexity index is 1660. The normalized spacial score (nSPS) is 11.2. The first-order valence-electron chi connectivity index (χ1n) is 16.1. The summed E-state index contributed by atoms with van der Waals surface area (Å²) in [4.78, 5) is 0. The Balaban J connectivity index is 1.59. The van der Waals surface area contributed by atoms with Crippen LogP contribution in [-0.4, -0.2) is 14.9 Å². The predicted molar refractivity (Wildman–Crippen MR) is 192 cm³/mol. The number of rotatable bonds is 13. The standard InChI is InChI=1S/C42H40O2Si/c1-2-3-4-20-31-43-41-32-40(35-23-12-6-13-24-35)42(33-39(41)34-21-10-5-11-22-34)44-45(36-25-14-7-15-26-36,37-27-16-8-17-28-37)38-29-18-9-19-30-38/h5-19,21-30,32-33H,2-4,20,31H2,1H3. The minimum absolute atomic E-state index is 0.686. The van der Waals surface area contributed by atoms with E-state index in [1.165, 1.54) is 34.8 Å². The van der Waals surface area contributed by atoms with E-state index >= 15 is 0 Å². The molecule has 3 heteroatoms. The van der Waals surface area contributed by atoms with Crippen molar-refractivity contribution in [2.75, 3.05) is 6.61 Å². The average Bonchev–Trinajstić information content (AvgIpc) is 3.12. The summed E-state index contributed by atoms with van der Waals surface area (Å²) in [6, 6.07) is 57.8. The summed E-state index contributed by atoms with van der Waals surface area (Å²) in [5, 5.41) is 3.58. The third-order valence-electron chi connectivity index (χ3n) is 8.31. The van der Waals surface area contributed by atoms with Crippen molar-refractivity contribution in [3.63, 3.8) is 0 Å². The van der Waals surface area contributed by atoms with E-state index in [1.807, 2.05) is 0 Å². The van der Waals surface area contributed by atoms with Gasteiger partial charge in [-0.15, -0.1) is 0 Å². The Labute approximate surface area is 269 Å². The number of unbranched alkanes of at least 4 members (excludes halogenated alkanes) is 3. The van der Waals surface area contributed by atoms with Crippen molar-refractivity contribution in [3.05, 3.63) is 164 Å². The molecule has 6 aromatic rings. The van der Waals surface area contributed by atoms with Gasteiger partial charge in [0.1, 0.15) is 11.5 Å². The van der Waals surface area contributed by atoms with E-state index in [4.69, 9.17) is 9.16 Å². The van der Waals surface area contributed by atoms with Crippen molar-refractivity contribution in [1.82, 2.24) is 0 Å². The third kappa shape index (κ3) is 6.79. The van der Waals surface area contributed by atoms with E-state index in [0.29, 0.717) is 6.61 Å². The van der Waals surface area contributed by atoms with Crippen LogP contribution in [0, 0.1) is 0 Å². The van der Waals surface area contributed by atoms with Crippen molar-refractivity contribution in [3.8, 4) is 33.8 Å². The maximum absolute atomic E-state index is 7.70. The highest BCUT2D eigenvalue weighted by atomic mass is 28.4. The first-order valence-corrected chi connectivity index (χ1v) is 18.0. The Hall–Kier alpha value is -4.86. The van der Waals surface area contributed by atoms with Gasteiger partial charge in [-0.2, -0.15) is 0 Å². The Kier molecular flexibility index (Phi) is 9.89. The second-order valence-corrected chi connectivity index (χ2v) is 14.7. The highest BCUT2D eigenvalue weighted by Crippen LogP contribution is 2.42.